The minimum atomic E-state index is -0.824. The fourth-order valence-corrected chi connectivity index (χ4v) is 4.65. The van der Waals surface area contributed by atoms with E-state index in [2.05, 4.69) is 62.6 Å². The number of halogens is 2. The predicted octanol–water partition coefficient (Wildman–Crippen LogP) is 7.01. The van der Waals surface area contributed by atoms with Crippen LogP contribution in [0.1, 0.15) is 59.8 Å². The van der Waals surface area contributed by atoms with Crippen molar-refractivity contribution in [2.45, 2.75) is 65.1 Å². The summed E-state index contributed by atoms with van der Waals surface area (Å²) < 4.78 is 18.1. The molecule has 1 aliphatic heterocycles. The molecular formula is C28H33Br2N7O5. The molecule has 0 bridgehead atoms. The highest BCUT2D eigenvalue weighted by Crippen LogP contribution is 2.30. The molecule has 0 spiro atoms. The van der Waals surface area contributed by atoms with Crippen molar-refractivity contribution in [1.82, 2.24) is 25.3 Å². The number of anilines is 2. The van der Waals surface area contributed by atoms with Crippen LogP contribution >= 0.6 is 31.9 Å². The van der Waals surface area contributed by atoms with Crippen LogP contribution in [0.5, 0.6) is 0 Å². The monoisotopic (exact) mass is 705 g/mol. The number of hydrogen-bond acceptors (Lipinski definition) is 9. The second kappa shape index (κ2) is 12.8. The number of guanidine groups is 1. The number of likely N-dealkylation sites (tertiary alicyclic amines) is 1. The van der Waals surface area contributed by atoms with Gasteiger partial charge in [0.15, 0.2) is 0 Å². The number of rotatable bonds is 4. The predicted molar refractivity (Wildman–Crippen MR) is 165 cm³/mol. The zero-order chi connectivity index (χ0) is 30.7. The van der Waals surface area contributed by atoms with Crippen LogP contribution in [0.15, 0.2) is 55.0 Å². The van der Waals surface area contributed by atoms with Crippen LogP contribution in [0.2, 0.25) is 0 Å². The molecule has 14 heteroatoms. The molecule has 2 aromatic heterocycles. The zero-order valence-corrected chi connectivity index (χ0v) is 27.4. The van der Waals surface area contributed by atoms with E-state index in [4.69, 9.17) is 14.0 Å². The summed E-state index contributed by atoms with van der Waals surface area (Å²) in [5.74, 6) is 1.37. The highest BCUT2D eigenvalue weighted by molar-refractivity contribution is 9.11. The van der Waals surface area contributed by atoms with Gasteiger partial charge in [-0.1, -0.05) is 21.1 Å². The third kappa shape index (κ3) is 8.99. The van der Waals surface area contributed by atoms with Crippen LogP contribution in [0, 0.1) is 0 Å². The molecule has 3 heterocycles. The van der Waals surface area contributed by atoms with Gasteiger partial charge in [-0.3, -0.25) is 5.32 Å². The number of nitrogens with one attached hydrogen (secondary N) is 2. The Morgan fingerprint density at radius 2 is 1.81 bits per heavy atom. The molecule has 0 unspecified atom stereocenters. The van der Waals surface area contributed by atoms with Gasteiger partial charge in [-0.15, -0.1) is 4.99 Å². The van der Waals surface area contributed by atoms with Crippen molar-refractivity contribution in [1.29, 1.82) is 0 Å². The van der Waals surface area contributed by atoms with Crippen LogP contribution < -0.4 is 10.6 Å². The summed E-state index contributed by atoms with van der Waals surface area (Å²) in [6.45, 7) is 11.3. The maximum Gasteiger partial charge on any atom is 0.437 e. The third-order valence-corrected chi connectivity index (χ3v) is 6.88. The smallest absolute Gasteiger partial charge is 0.437 e. The average molecular weight is 707 g/mol. The van der Waals surface area contributed by atoms with E-state index in [1.807, 2.05) is 30.3 Å². The number of ether oxygens (including phenoxy) is 2. The van der Waals surface area contributed by atoms with E-state index < -0.39 is 23.4 Å². The molecule has 0 radical (unpaired) electrons. The summed E-state index contributed by atoms with van der Waals surface area (Å²) in [6, 6.07) is 9.51. The highest BCUT2D eigenvalue weighted by Gasteiger charge is 2.32. The van der Waals surface area contributed by atoms with E-state index in [0.29, 0.717) is 42.6 Å². The molecule has 4 rings (SSSR count). The molecule has 2 amide bonds. The maximum absolute atomic E-state index is 12.5. The highest BCUT2D eigenvalue weighted by atomic mass is 79.9. The number of amides is 2. The molecule has 3 aromatic rings. The Hall–Kier alpha value is -3.52. The topological polar surface area (TPSA) is 144 Å². The van der Waals surface area contributed by atoms with E-state index in [1.165, 1.54) is 0 Å². The number of aliphatic imine (C=N–C) groups is 1. The Morgan fingerprint density at radius 1 is 1.07 bits per heavy atom. The van der Waals surface area contributed by atoms with Crippen molar-refractivity contribution in [3.63, 3.8) is 0 Å². The first-order chi connectivity index (χ1) is 19.6. The van der Waals surface area contributed by atoms with Gasteiger partial charge in [-0.25, -0.2) is 14.6 Å². The van der Waals surface area contributed by atoms with Crippen LogP contribution in [0.3, 0.4) is 0 Å². The maximum atomic E-state index is 12.5. The molecule has 1 atom stereocenters. The van der Waals surface area contributed by atoms with Crippen molar-refractivity contribution in [3.05, 3.63) is 51.4 Å². The summed E-state index contributed by atoms with van der Waals surface area (Å²) in [5, 5.41) is 10.0. The standard InChI is InChI=1S/C28H33Br2N7O5/c1-27(2,3)40-25(38)34-24(35-26(39)41-28(4,5)6)37-12-11-17(15-37)23-33-22(36-42-23)16-7-10-21(31-14-16)32-20-13-18(29)8-9-19(20)30/h7-10,13-14,17H,11-12,15H2,1-6H3,(H,31,32)(H,34,35,38,39)/t17-/m1/s1. The van der Waals surface area contributed by atoms with Gasteiger partial charge in [-0.2, -0.15) is 4.98 Å². The minimum absolute atomic E-state index is 0.0325. The summed E-state index contributed by atoms with van der Waals surface area (Å²) in [5.41, 5.74) is 0.0859. The molecule has 1 aliphatic rings. The van der Waals surface area contributed by atoms with E-state index in [1.54, 1.807) is 52.6 Å². The van der Waals surface area contributed by atoms with Crippen molar-refractivity contribution < 1.29 is 23.6 Å². The first-order valence-electron chi connectivity index (χ1n) is 13.2. The fraction of sp³-hybridized carbons (Fsp3) is 0.429. The van der Waals surface area contributed by atoms with E-state index in [-0.39, 0.29) is 11.9 Å². The Labute approximate surface area is 260 Å². The van der Waals surface area contributed by atoms with Crippen LogP contribution in [-0.4, -0.2) is 62.5 Å². The first kappa shape index (κ1) is 31.4. The summed E-state index contributed by atoms with van der Waals surface area (Å²) in [6.07, 6.45) is 0.745. The molecule has 2 N–H and O–H groups in total. The van der Waals surface area contributed by atoms with Crippen molar-refractivity contribution in [3.8, 4) is 11.4 Å². The van der Waals surface area contributed by atoms with Gasteiger partial charge < -0.3 is 24.2 Å². The molecule has 1 fully saturated rings. The van der Waals surface area contributed by atoms with E-state index in [0.717, 1.165) is 14.6 Å². The molecule has 42 heavy (non-hydrogen) atoms. The van der Waals surface area contributed by atoms with Gasteiger partial charge in [-0.05, 0) is 94.2 Å². The minimum Gasteiger partial charge on any atom is -0.444 e. The second-order valence-corrected chi connectivity index (χ2v) is 13.4. The summed E-state index contributed by atoms with van der Waals surface area (Å²) >= 11 is 7.00. The molecule has 224 valence electrons. The van der Waals surface area contributed by atoms with Gasteiger partial charge >= 0.3 is 12.2 Å². The average Bonchev–Trinajstić information content (AvgIpc) is 3.54. The summed E-state index contributed by atoms with van der Waals surface area (Å²) in [4.78, 5) is 39.8. The largest absolute Gasteiger partial charge is 0.444 e. The van der Waals surface area contributed by atoms with Gasteiger partial charge in [0.1, 0.15) is 17.0 Å². The fourth-order valence-electron chi connectivity index (χ4n) is 3.95. The molecule has 1 aromatic carbocycles. The first-order valence-corrected chi connectivity index (χ1v) is 14.8. The van der Waals surface area contributed by atoms with Crippen molar-refractivity contribution >= 4 is 61.5 Å². The number of hydrogen-bond donors (Lipinski definition) is 2. The Kier molecular flexibility index (Phi) is 9.56. The SMILES string of the molecule is CC(C)(C)OC(=O)N=C(NC(=O)OC(C)(C)C)N1CC[C@@H](c2nc(-c3ccc(Nc4cc(Br)ccc4Br)nc3)no2)C1. The zero-order valence-electron chi connectivity index (χ0n) is 24.2. The lowest BCUT2D eigenvalue weighted by molar-refractivity contribution is 0.0555. The van der Waals surface area contributed by atoms with E-state index >= 15 is 0 Å². The molecule has 12 nitrogen and oxygen atoms in total. The van der Waals surface area contributed by atoms with Crippen LogP contribution in [0.25, 0.3) is 11.4 Å². The number of benzene rings is 1. The number of carbonyl (C=O) groups is 2. The lowest BCUT2D eigenvalue weighted by atomic mass is 10.1. The molecule has 0 aliphatic carbocycles. The number of nitrogens with zero attached hydrogens (tertiary/aromatic N) is 5. The number of pyridine rings is 1. The number of carbonyl (C=O) groups excluding carboxylic acids is 2. The third-order valence-electron chi connectivity index (χ3n) is 5.70. The lowest BCUT2D eigenvalue weighted by Crippen LogP contribution is -2.45. The van der Waals surface area contributed by atoms with Crippen molar-refractivity contribution in [2.75, 3.05) is 18.4 Å². The normalized spacial score (nSPS) is 15.9. The van der Waals surface area contributed by atoms with Crippen molar-refractivity contribution in [2.24, 2.45) is 4.99 Å². The molecule has 1 saturated heterocycles. The lowest BCUT2D eigenvalue weighted by Gasteiger charge is -2.24. The van der Waals surface area contributed by atoms with E-state index in [9.17, 15) is 9.59 Å². The Balaban J connectivity index is 1.45. The van der Waals surface area contributed by atoms with Crippen LogP contribution in [0.4, 0.5) is 21.1 Å². The Morgan fingerprint density at radius 3 is 2.48 bits per heavy atom. The number of aromatic nitrogens is 3. The van der Waals surface area contributed by atoms with Gasteiger partial charge in [0.25, 0.3) is 0 Å². The van der Waals surface area contributed by atoms with Crippen LogP contribution in [-0.2, 0) is 9.47 Å². The molecule has 0 saturated carbocycles. The Bertz CT molecular complexity index is 1460. The van der Waals surface area contributed by atoms with Gasteiger partial charge in [0.05, 0.1) is 11.6 Å². The van der Waals surface area contributed by atoms with Gasteiger partial charge in [0.2, 0.25) is 17.7 Å². The van der Waals surface area contributed by atoms with Gasteiger partial charge in [0, 0.05) is 33.8 Å². The quantitative estimate of drug-likeness (QED) is 0.215. The molecular weight excluding hydrogens is 674 g/mol. The number of alkyl carbamates (subject to hydrolysis) is 1. The second-order valence-electron chi connectivity index (χ2n) is 11.6. The summed E-state index contributed by atoms with van der Waals surface area (Å²) in [7, 11) is 0.